The highest BCUT2D eigenvalue weighted by Crippen LogP contribution is 2.31. The van der Waals surface area contributed by atoms with Gasteiger partial charge in [0.2, 0.25) is 0 Å². The zero-order valence-corrected chi connectivity index (χ0v) is 19.1. The number of piperazine rings is 1. The number of rotatable bonds is 6. The van der Waals surface area contributed by atoms with Crippen LogP contribution >= 0.6 is 0 Å². The Hall–Kier alpha value is -2.55. The smallest absolute Gasteiger partial charge is 0.262 e. The third-order valence-corrected chi connectivity index (χ3v) is 7.12. The number of hydrogen-bond acceptors (Lipinski definition) is 6. The van der Waals surface area contributed by atoms with E-state index < -0.39 is 10.0 Å². The van der Waals surface area contributed by atoms with Crippen molar-refractivity contribution in [1.29, 1.82) is 0 Å². The van der Waals surface area contributed by atoms with Gasteiger partial charge in [-0.25, -0.2) is 8.42 Å². The normalized spacial score (nSPS) is 20.1. The Morgan fingerprint density at radius 3 is 2.81 bits per heavy atom. The molecule has 31 heavy (non-hydrogen) atoms. The molecule has 7 nitrogen and oxygen atoms in total. The van der Waals surface area contributed by atoms with Gasteiger partial charge in [0.25, 0.3) is 10.0 Å². The van der Waals surface area contributed by atoms with E-state index in [4.69, 9.17) is 9.15 Å². The molecule has 2 atom stereocenters. The lowest BCUT2D eigenvalue weighted by atomic mass is 10.1. The van der Waals surface area contributed by atoms with Crippen LogP contribution in [-0.2, 0) is 16.6 Å². The average Bonchev–Trinajstić information content (AvgIpc) is 3.20. The number of nitrogens with zero attached hydrogens (tertiary/aromatic N) is 1. The van der Waals surface area contributed by atoms with E-state index in [1.807, 2.05) is 13.0 Å². The van der Waals surface area contributed by atoms with Crippen LogP contribution in [0.1, 0.15) is 25.0 Å². The molecule has 0 aliphatic carbocycles. The van der Waals surface area contributed by atoms with Crippen LogP contribution in [-0.4, -0.2) is 45.6 Å². The molecule has 2 aromatic carbocycles. The monoisotopic (exact) mass is 443 g/mol. The van der Waals surface area contributed by atoms with Gasteiger partial charge in [-0.1, -0.05) is 6.07 Å². The first kappa shape index (κ1) is 21.7. The van der Waals surface area contributed by atoms with Crippen molar-refractivity contribution in [2.24, 2.45) is 0 Å². The van der Waals surface area contributed by atoms with E-state index in [0.717, 1.165) is 35.2 Å². The van der Waals surface area contributed by atoms with Crippen LogP contribution < -0.4 is 14.8 Å². The maximum absolute atomic E-state index is 13.3. The fraction of sp³-hybridized carbons (Fsp3) is 0.391. The summed E-state index contributed by atoms with van der Waals surface area (Å²) in [6.07, 6.45) is 1.60. The lowest BCUT2D eigenvalue weighted by Gasteiger charge is -2.37. The second-order valence-electron chi connectivity index (χ2n) is 8.32. The van der Waals surface area contributed by atoms with Crippen molar-refractivity contribution in [3.63, 3.8) is 0 Å². The van der Waals surface area contributed by atoms with E-state index in [1.165, 1.54) is 7.11 Å². The number of furan rings is 1. The van der Waals surface area contributed by atoms with Crippen LogP contribution in [0.15, 0.2) is 52.0 Å². The van der Waals surface area contributed by atoms with Gasteiger partial charge in [-0.15, -0.1) is 0 Å². The Morgan fingerprint density at radius 2 is 2.03 bits per heavy atom. The van der Waals surface area contributed by atoms with E-state index in [2.05, 4.69) is 28.8 Å². The van der Waals surface area contributed by atoms with E-state index in [0.29, 0.717) is 30.1 Å². The van der Waals surface area contributed by atoms with Gasteiger partial charge >= 0.3 is 0 Å². The highest BCUT2D eigenvalue weighted by atomic mass is 32.2. The van der Waals surface area contributed by atoms with Gasteiger partial charge in [0, 0.05) is 42.7 Å². The fourth-order valence-corrected chi connectivity index (χ4v) is 5.19. The van der Waals surface area contributed by atoms with Gasteiger partial charge in [-0.2, -0.15) is 0 Å². The van der Waals surface area contributed by atoms with Crippen molar-refractivity contribution in [2.75, 3.05) is 24.9 Å². The van der Waals surface area contributed by atoms with Gasteiger partial charge in [0.15, 0.2) is 0 Å². The third-order valence-electron chi connectivity index (χ3n) is 5.78. The Balaban J connectivity index is 1.70. The number of fused-ring (bicyclic) bond motifs is 1. The SMILES string of the molecule is COc1ccc(C)cc1NS(=O)(=O)c1cc(CN2CC(C)NCC2C)c2occc2c1. The first-order valence-corrected chi connectivity index (χ1v) is 11.9. The first-order valence-electron chi connectivity index (χ1n) is 10.4. The molecule has 2 heterocycles. The molecular formula is C23H29N3O4S. The Bertz CT molecular complexity index is 1190. The summed E-state index contributed by atoms with van der Waals surface area (Å²) in [5.41, 5.74) is 2.94. The van der Waals surface area contributed by atoms with Gasteiger partial charge in [0.05, 0.1) is 24.0 Å². The molecule has 0 saturated carbocycles. The quantitative estimate of drug-likeness (QED) is 0.604. The molecule has 3 aromatic rings. The molecule has 1 aliphatic rings. The molecule has 0 spiro atoms. The summed E-state index contributed by atoms with van der Waals surface area (Å²) in [6.45, 7) is 8.64. The van der Waals surface area contributed by atoms with Crippen LogP contribution in [0, 0.1) is 6.92 Å². The molecule has 166 valence electrons. The number of benzene rings is 2. The molecule has 1 aromatic heterocycles. The number of hydrogen-bond donors (Lipinski definition) is 2. The second-order valence-corrected chi connectivity index (χ2v) is 10.0. The number of aryl methyl sites for hydroxylation is 1. The molecule has 0 amide bonds. The van der Waals surface area contributed by atoms with E-state index in [9.17, 15) is 8.42 Å². The number of methoxy groups -OCH3 is 1. The molecular weight excluding hydrogens is 414 g/mol. The summed E-state index contributed by atoms with van der Waals surface area (Å²) in [6, 6.07) is 11.3. The summed E-state index contributed by atoms with van der Waals surface area (Å²) in [7, 11) is -2.30. The number of anilines is 1. The van der Waals surface area contributed by atoms with E-state index in [1.54, 1.807) is 36.6 Å². The predicted molar refractivity (Wildman–Crippen MR) is 122 cm³/mol. The van der Waals surface area contributed by atoms with Gasteiger partial charge in [-0.3, -0.25) is 9.62 Å². The molecule has 2 N–H and O–H groups in total. The number of nitrogens with one attached hydrogen (secondary N) is 2. The number of ether oxygens (including phenoxy) is 1. The number of sulfonamides is 1. The summed E-state index contributed by atoms with van der Waals surface area (Å²) in [4.78, 5) is 2.56. The summed E-state index contributed by atoms with van der Waals surface area (Å²) >= 11 is 0. The minimum atomic E-state index is -3.82. The van der Waals surface area contributed by atoms with E-state index >= 15 is 0 Å². The standard InChI is InChI=1S/C23H29N3O4S/c1-15-5-6-22(29-4)21(9-15)25-31(27,28)20-10-18-7-8-30-23(18)19(11-20)14-26-13-16(2)24-12-17(26)3/h5-11,16-17,24-25H,12-14H2,1-4H3. The van der Waals surface area contributed by atoms with Crippen molar-refractivity contribution in [2.45, 2.75) is 44.3 Å². The third kappa shape index (κ3) is 4.56. The Labute approximate surface area is 183 Å². The molecule has 4 rings (SSSR count). The topological polar surface area (TPSA) is 83.8 Å². The van der Waals surface area contributed by atoms with E-state index in [-0.39, 0.29) is 4.90 Å². The molecule has 8 heteroatoms. The summed E-state index contributed by atoms with van der Waals surface area (Å²) in [5.74, 6) is 0.474. The zero-order chi connectivity index (χ0) is 22.2. The fourth-order valence-electron chi connectivity index (χ4n) is 4.04. The molecule has 2 unspecified atom stereocenters. The summed E-state index contributed by atoms with van der Waals surface area (Å²) in [5, 5.41) is 4.24. The van der Waals surface area contributed by atoms with Crippen LogP contribution in [0.3, 0.4) is 0 Å². The molecule has 1 fully saturated rings. The van der Waals surface area contributed by atoms with Crippen LogP contribution in [0.25, 0.3) is 11.0 Å². The lowest BCUT2D eigenvalue weighted by molar-refractivity contribution is 0.139. The zero-order valence-electron chi connectivity index (χ0n) is 18.3. The Morgan fingerprint density at radius 1 is 1.23 bits per heavy atom. The molecule has 0 radical (unpaired) electrons. The highest BCUT2D eigenvalue weighted by molar-refractivity contribution is 7.92. The van der Waals surface area contributed by atoms with Crippen LogP contribution in [0.2, 0.25) is 0 Å². The lowest BCUT2D eigenvalue weighted by Crippen LogP contribution is -2.53. The second kappa shape index (κ2) is 8.53. The molecule has 1 saturated heterocycles. The first-order chi connectivity index (χ1) is 14.8. The minimum Gasteiger partial charge on any atom is -0.495 e. The van der Waals surface area contributed by atoms with Crippen molar-refractivity contribution in [3.8, 4) is 5.75 Å². The van der Waals surface area contributed by atoms with Gasteiger partial charge in [0.1, 0.15) is 11.3 Å². The van der Waals surface area contributed by atoms with Crippen LogP contribution in [0.4, 0.5) is 5.69 Å². The minimum absolute atomic E-state index is 0.204. The summed E-state index contributed by atoms with van der Waals surface area (Å²) < 4.78 is 40.3. The molecule has 0 bridgehead atoms. The van der Waals surface area contributed by atoms with Gasteiger partial charge in [-0.05, 0) is 56.7 Å². The largest absolute Gasteiger partial charge is 0.495 e. The average molecular weight is 444 g/mol. The van der Waals surface area contributed by atoms with Crippen LogP contribution in [0.5, 0.6) is 5.75 Å². The van der Waals surface area contributed by atoms with Gasteiger partial charge < -0.3 is 14.5 Å². The van der Waals surface area contributed by atoms with Crippen molar-refractivity contribution >= 4 is 26.7 Å². The van der Waals surface area contributed by atoms with Crippen molar-refractivity contribution in [3.05, 3.63) is 53.8 Å². The molecule has 1 aliphatic heterocycles. The predicted octanol–water partition coefficient (Wildman–Crippen LogP) is 3.73. The van der Waals surface area contributed by atoms with Crippen molar-refractivity contribution < 1.29 is 17.6 Å². The maximum Gasteiger partial charge on any atom is 0.262 e. The highest BCUT2D eigenvalue weighted by Gasteiger charge is 2.25. The van der Waals surface area contributed by atoms with Crippen molar-refractivity contribution in [1.82, 2.24) is 10.2 Å². The Kier molecular flexibility index (Phi) is 5.96. The maximum atomic E-state index is 13.3.